The topological polar surface area (TPSA) is 83.9 Å². The van der Waals surface area contributed by atoms with Crippen molar-refractivity contribution in [1.82, 2.24) is 0 Å². The highest BCUT2D eigenvalue weighted by atomic mass is 127. The third-order valence-corrected chi connectivity index (χ3v) is 2.57. The first kappa shape index (κ1) is 10.7. The fourth-order valence-electron chi connectivity index (χ4n) is 1.05. The van der Waals surface area contributed by atoms with Gasteiger partial charge in [-0.1, -0.05) is 0 Å². The summed E-state index contributed by atoms with van der Waals surface area (Å²) >= 11 is 1.89. The first-order valence-corrected chi connectivity index (χ1v) is 4.67. The van der Waals surface area contributed by atoms with Crippen molar-refractivity contribution in [3.8, 4) is 6.07 Å². The van der Waals surface area contributed by atoms with Gasteiger partial charge in [-0.15, -0.1) is 0 Å². The van der Waals surface area contributed by atoms with Crippen molar-refractivity contribution >= 4 is 34.8 Å². The van der Waals surface area contributed by atoms with E-state index in [0.29, 0.717) is 9.86 Å². The fourth-order valence-corrected chi connectivity index (χ4v) is 1.77. The van der Waals surface area contributed by atoms with E-state index >= 15 is 0 Å². The number of nitrogens with zero attached hydrogens (tertiary/aromatic N) is 1. The Morgan fingerprint density at radius 1 is 1.57 bits per heavy atom. The summed E-state index contributed by atoms with van der Waals surface area (Å²) in [5.74, 6) is -0.699. The van der Waals surface area contributed by atoms with Crippen molar-refractivity contribution in [2.45, 2.75) is 0 Å². The number of rotatable bonds is 2. The SMILES string of the molecule is N#Cc1c(C=O)ccc(I)c1C(N)=O. The van der Waals surface area contributed by atoms with Crippen LogP contribution in [-0.2, 0) is 0 Å². The molecular formula is C9H5IN2O2. The van der Waals surface area contributed by atoms with Crippen LogP contribution in [0, 0.1) is 14.9 Å². The Hall–Kier alpha value is -1.42. The first-order valence-electron chi connectivity index (χ1n) is 3.59. The van der Waals surface area contributed by atoms with Gasteiger partial charge in [0, 0.05) is 9.13 Å². The Labute approximate surface area is 93.8 Å². The Bertz CT molecular complexity index is 449. The smallest absolute Gasteiger partial charge is 0.251 e. The van der Waals surface area contributed by atoms with E-state index in [-0.39, 0.29) is 16.7 Å². The number of nitriles is 1. The van der Waals surface area contributed by atoms with E-state index in [1.54, 1.807) is 12.1 Å². The lowest BCUT2D eigenvalue weighted by molar-refractivity contribution is 0.0999. The average Bonchev–Trinajstić information content (AvgIpc) is 2.16. The number of carbonyl (C=O) groups is 2. The zero-order chi connectivity index (χ0) is 10.7. The van der Waals surface area contributed by atoms with Crippen LogP contribution >= 0.6 is 22.6 Å². The van der Waals surface area contributed by atoms with Crippen molar-refractivity contribution in [2.75, 3.05) is 0 Å². The largest absolute Gasteiger partial charge is 0.366 e. The lowest BCUT2D eigenvalue weighted by atomic mass is 10.0. The van der Waals surface area contributed by atoms with Crippen molar-refractivity contribution in [3.05, 3.63) is 32.4 Å². The van der Waals surface area contributed by atoms with Crippen molar-refractivity contribution in [1.29, 1.82) is 5.26 Å². The second-order valence-corrected chi connectivity index (χ2v) is 3.64. The van der Waals surface area contributed by atoms with Crippen molar-refractivity contribution in [2.24, 2.45) is 5.73 Å². The molecule has 0 heterocycles. The second kappa shape index (κ2) is 4.19. The first-order chi connectivity index (χ1) is 6.61. The average molecular weight is 300 g/mol. The van der Waals surface area contributed by atoms with Crippen LogP contribution in [-0.4, -0.2) is 12.2 Å². The molecule has 0 saturated carbocycles. The third-order valence-electron chi connectivity index (χ3n) is 1.67. The number of carbonyl (C=O) groups excluding carboxylic acids is 2. The number of benzene rings is 1. The van der Waals surface area contributed by atoms with E-state index in [2.05, 4.69) is 0 Å². The molecule has 1 rings (SSSR count). The minimum Gasteiger partial charge on any atom is -0.366 e. The maximum atomic E-state index is 11.0. The molecule has 0 spiro atoms. The lowest BCUT2D eigenvalue weighted by Crippen LogP contribution is -2.16. The summed E-state index contributed by atoms with van der Waals surface area (Å²) < 4.78 is 0.567. The maximum Gasteiger partial charge on any atom is 0.251 e. The van der Waals surface area contributed by atoms with Crippen LogP contribution in [0.5, 0.6) is 0 Å². The van der Waals surface area contributed by atoms with Crippen molar-refractivity contribution in [3.63, 3.8) is 0 Å². The number of aldehydes is 1. The van der Waals surface area contributed by atoms with Gasteiger partial charge in [-0.3, -0.25) is 9.59 Å². The molecule has 0 aromatic heterocycles. The maximum absolute atomic E-state index is 11.0. The van der Waals surface area contributed by atoms with Gasteiger partial charge in [0.25, 0.3) is 5.91 Å². The minimum atomic E-state index is -0.699. The van der Waals surface area contributed by atoms with Crippen LogP contribution in [0.3, 0.4) is 0 Å². The zero-order valence-corrected chi connectivity index (χ0v) is 9.11. The van der Waals surface area contributed by atoms with Gasteiger partial charge >= 0.3 is 0 Å². The Morgan fingerprint density at radius 2 is 2.21 bits per heavy atom. The number of hydrogen-bond acceptors (Lipinski definition) is 3. The fraction of sp³-hybridized carbons (Fsp3) is 0. The lowest BCUT2D eigenvalue weighted by Gasteiger charge is -2.04. The van der Waals surface area contributed by atoms with E-state index in [9.17, 15) is 9.59 Å². The number of hydrogen-bond donors (Lipinski definition) is 1. The van der Waals surface area contributed by atoms with Gasteiger partial charge in [-0.05, 0) is 34.7 Å². The molecule has 0 aliphatic heterocycles. The molecule has 70 valence electrons. The quantitative estimate of drug-likeness (QED) is 0.655. The van der Waals surface area contributed by atoms with E-state index in [0.717, 1.165) is 0 Å². The molecule has 1 aromatic rings. The molecule has 0 aliphatic rings. The molecule has 4 nitrogen and oxygen atoms in total. The monoisotopic (exact) mass is 300 g/mol. The number of primary amides is 1. The third kappa shape index (κ3) is 1.75. The normalized spacial score (nSPS) is 9.14. The van der Waals surface area contributed by atoms with Crippen LogP contribution < -0.4 is 5.73 Å². The van der Waals surface area contributed by atoms with Crippen LogP contribution in [0.25, 0.3) is 0 Å². The van der Waals surface area contributed by atoms with Gasteiger partial charge in [0.15, 0.2) is 6.29 Å². The highest BCUT2D eigenvalue weighted by Gasteiger charge is 2.15. The van der Waals surface area contributed by atoms with Gasteiger partial charge < -0.3 is 5.73 Å². The van der Waals surface area contributed by atoms with Gasteiger partial charge in [0.1, 0.15) is 6.07 Å². The predicted octanol–water partition coefficient (Wildman–Crippen LogP) is 1.07. The Morgan fingerprint density at radius 3 is 2.64 bits per heavy atom. The standard InChI is InChI=1S/C9H5IN2O2/c10-7-2-1-5(4-13)6(3-11)8(7)9(12)14/h1-2,4H,(H2,12,14). The van der Waals surface area contributed by atoms with E-state index in [1.165, 1.54) is 6.07 Å². The van der Waals surface area contributed by atoms with Gasteiger partial charge in [-0.2, -0.15) is 5.26 Å². The summed E-state index contributed by atoms with van der Waals surface area (Å²) in [7, 11) is 0. The Kier molecular flexibility index (Phi) is 3.19. The molecule has 14 heavy (non-hydrogen) atoms. The molecule has 1 amide bonds. The molecule has 0 radical (unpaired) electrons. The summed E-state index contributed by atoms with van der Waals surface area (Å²) in [5.41, 5.74) is 5.44. The molecule has 0 fully saturated rings. The Balaban J connectivity index is 3.61. The minimum absolute atomic E-state index is 0.0411. The highest BCUT2D eigenvalue weighted by Crippen LogP contribution is 2.18. The molecule has 2 N–H and O–H groups in total. The second-order valence-electron chi connectivity index (χ2n) is 2.48. The molecule has 0 aliphatic carbocycles. The van der Waals surface area contributed by atoms with Crippen LogP contribution in [0.15, 0.2) is 12.1 Å². The molecule has 5 heteroatoms. The summed E-state index contributed by atoms with van der Waals surface area (Å²) in [5, 5.41) is 8.78. The van der Waals surface area contributed by atoms with Gasteiger partial charge in [0.2, 0.25) is 0 Å². The number of halogens is 1. The van der Waals surface area contributed by atoms with Crippen molar-refractivity contribution < 1.29 is 9.59 Å². The molecule has 0 bridgehead atoms. The van der Waals surface area contributed by atoms with Crippen LogP contribution in [0.2, 0.25) is 0 Å². The summed E-state index contributed by atoms with van der Waals surface area (Å²) in [4.78, 5) is 21.6. The molecule has 0 atom stereocenters. The zero-order valence-electron chi connectivity index (χ0n) is 6.95. The number of amides is 1. The predicted molar refractivity (Wildman–Crippen MR) is 57.8 cm³/mol. The molecule has 0 saturated heterocycles. The van der Waals surface area contributed by atoms with Crippen LogP contribution in [0.4, 0.5) is 0 Å². The summed E-state index contributed by atoms with van der Waals surface area (Å²) in [6.45, 7) is 0. The van der Waals surface area contributed by atoms with Crippen LogP contribution in [0.1, 0.15) is 26.3 Å². The highest BCUT2D eigenvalue weighted by molar-refractivity contribution is 14.1. The molecular weight excluding hydrogens is 295 g/mol. The molecule has 1 aromatic carbocycles. The van der Waals surface area contributed by atoms with E-state index in [4.69, 9.17) is 11.0 Å². The van der Waals surface area contributed by atoms with Gasteiger partial charge in [0.05, 0.1) is 11.1 Å². The summed E-state index contributed by atoms with van der Waals surface area (Å²) in [6.07, 6.45) is 0.529. The summed E-state index contributed by atoms with van der Waals surface area (Å²) in [6, 6.07) is 4.86. The number of nitrogens with two attached hydrogens (primary N) is 1. The van der Waals surface area contributed by atoms with Gasteiger partial charge in [-0.25, -0.2) is 0 Å². The molecule has 0 unspecified atom stereocenters. The van der Waals surface area contributed by atoms with E-state index in [1.807, 2.05) is 22.6 Å². The van der Waals surface area contributed by atoms with E-state index < -0.39 is 5.91 Å².